The fourth-order valence-electron chi connectivity index (χ4n) is 1.67. The third kappa shape index (κ3) is 2.52. The molecule has 0 spiro atoms. The van der Waals surface area contributed by atoms with E-state index in [1.807, 2.05) is 0 Å². The summed E-state index contributed by atoms with van der Waals surface area (Å²) in [5.74, 6) is -0.736. The summed E-state index contributed by atoms with van der Waals surface area (Å²) in [6.07, 6.45) is 0.305. The number of nitrogens with zero attached hydrogens (tertiary/aromatic N) is 1. The van der Waals surface area contributed by atoms with Crippen LogP contribution in [0.25, 0.3) is 0 Å². The summed E-state index contributed by atoms with van der Waals surface area (Å²) in [6, 6.07) is 5.91. The van der Waals surface area contributed by atoms with E-state index in [1.165, 1.54) is 6.07 Å². The average molecular weight is 236 g/mol. The third-order valence-electron chi connectivity index (χ3n) is 2.81. The normalized spacial score (nSPS) is 21.9. The van der Waals surface area contributed by atoms with Crippen LogP contribution in [0, 0.1) is 16.0 Å². The maximum atomic E-state index is 11.5. The van der Waals surface area contributed by atoms with E-state index in [-0.39, 0.29) is 18.2 Å². The molecule has 0 radical (unpaired) electrons. The van der Waals surface area contributed by atoms with E-state index < -0.39 is 16.9 Å². The van der Waals surface area contributed by atoms with Gasteiger partial charge in [-0.2, -0.15) is 0 Å². The van der Waals surface area contributed by atoms with Crippen molar-refractivity contribution in [1.29, 1.82) is 0 Å². The number of hydrogen-bond acceptors (Lipinski definition) is 4. The van der Waals surface area contributed by atoms with Crippen molar-refractivity contribution in [2.24, 2.45) is 5.92 Å². The molecule has 90 valence electrons. The van der Waals surface area contributed by atoms with Gasteiger partial charge in [0.15, 0.2) is 0 Å². The van der Waals surface area contributed by atoms with Gasteiger partial charge in [0.1, 0.15) is 11.7 Å². The van der Waals surface area contributed by atoms with E-state index in [1.54, 1.807) is 18.2 Å². The molecule has 1 aliphatic rings. The van der Waals surface area contributed by atoms with Crippen molar-refractivity contribution >= 4 is 5.91 Å². The Bertz CT molecular complexity index is 461. The molecule has 2 atom stereocenters. The van der Waals surface area contributed by atoms with E-state index in [0.717, 1.165) is 0 Å². The molecular weight excluding hydrogens is 224 g/mol. The lowest BCUT2D eigenvalue weighted by Gasteiger charge is -2.05. The van der Waals surface area contributed by atoms with Crippen molar-refractivity contribution in [3.8, 4) is 5.75 Å². The number of nitrogens with one attached hydrogen (secondary N) is 1. The van der Waals surface area contributed by atoms with E-state index >= 15 is 0 Å². The first kappa shape index (κ1) is 11.4. The highest BCUT2D eigenvalue weighted by Crippen LogP contribution is 2.33. The molecule has 1 saturated carbocycles. The number of carbonyl (C=O) groups excluding carboxylic acids is 1. The van der Waals surface area contributed by atoms with Gasteiger partial charge in [-0.3, -0.25) is 14.9 Å². The minimum absolute atomic E-state index is 0.106. The number of benzene rings is 1. The Kier molecular flexibility index (Phi) is 2.95. The van der Waals surface area contributed by atoms with Crippen LogP contribution in [0.3, 0.4) is 0 Å². The molecule has 0 unspecified atom stereocenters. The summed E-state index contributed by atoms with van der Waals surface area (Å²) in [7, 11) is 0. The highest BCUT2D eigenvalue weighted by Gasteiger charge is 2.53. The molecule has 2 N–H and O–H groups in total. The first-order valence-electron chi connectivity index (χ1n) is 5.27. The van der Waals surface area contributed by atoms with Crippen LogP contribution in [0.4, 0.5) is 0 Å². The predicted octanol–water partition coefficient (Wildman–Crippen LogP) is 0.674. The Hall–Kier alpha value is -2.11. The number of carbonyl (C=O) groups is 1. The Morgan fingerprint density at radius 2 is 2.24 bits per heavy atom. The zero-order valence-corrected chi connectivity index (χ0v) is 9.00. The highest BCUT2D eigenvalue weighted by atomic mass is 16.6. The number of rotatable bonds is 4. The standard InChI is InChI=1S/C11H12N2O4/c14-10-4-2-1-3-7(10)6-12-11(15)8-5-9(8)13(16)17/h1-4,8-9,14H,5-6H2,(H,12,15)/t8-,9+/m0/s1. The van der Waals surface area contributed by atoms with Crippen LogP contribution < -0.4 is 5.32 Å². The summed E-state index contributed by atoms with van der Waals surface area (Å²) in [5.41, 5.74) is 0.596. The van der Waals surface area contributed by atoms with Crippen molar-refractivity contribution < 1.29 is 14.8 Å². The number of amides is 1. The number of para-hydroxylation sites is 1. The smallest absolute Gasteiger partial charge is 0.230 e. The molecule has 0 saturated heterocycles. The summed E-state index contributed by atoms with van der Waals surface area (Å²) in [5, 5.41) is 22.4. The molecule has 0 heterocycles. The van der Waals surface area contributed by atoms with Gasteiger partial charge in [0.25, 0.3) is 0 Å². The van der Waals surface area contributed by atoms with Crippen LogP contribution in [0.1, 0.15) is 12.0 Å². The van der Waals surface area contributed by atoms with Crippen LogP contribution in [0.15, 0.2) is 24.3 Å². The van der Waals surface area contributed by atoms with E-state index in [9.17, 15) is 20.0 Å². The topological polar surface area (TPSA) is 92.5 Å². The Morgan fingerprint density at radius 1 is 1.53 bits per heavy atom. The third-order valence-corrected chi connectivity index (χ3v) is 2.81. The van der Waals surface area contributed by atoms with Crippen LogP contribution in [-0.4, -0.2) is 22.0 Å². The zero-order chi connectivity index (χ0) is 12.4. The van der Waals surface area contributed by atoms with Crippen LogP contribution >= 0.6 is 0 Å². The lowest BCUT2D eigenvalue weighted by Crippen LogP contribution is -2.26. The Balaban J connectivity index is 1.86. The molecule has 1 aromatic carbocycles. The van der Waals surface area contributed by atoms with Crippen molar-refractivity contribution in [2.75, 3.05) is 0 Å². The molecule has 0 aromatic heterocycles. The second kappa shape index (κ2) is 4.40. The molecule has 1 amide bonds. The van der Waals surface area contributed by atoms with Crippen molar-refractivity contribution in [3.05, 3.63) is 39.9 Å². The van der Waals surface area contributed by atoms with Gasteiger partial charge in [0, 0.05) is 23.5 Å². The van der Waals surface area contributed by atoms with Gasteiger partial charge in [-0.1, -0.05) is 18.2 Å². The maximum Gasteiger partial charge on any atom is 0.230 e. The van der Waals surface area contributed by atoms with Gasteiger partial charge in [-0.05, 0) is 6.07 Å². The summed E-state index contributed by atoms with van der Waals surface area (Å²) in [6.45, 7) is 0.187. The Labute approximate surface area is 97.4 Å². The highest BCUT2D eigenvalue weighted by molar-refractivity contribution is 5.82. The van der Waals surface area contributed by atoms with E-state index in [2.05, 4.69) is 5.32 Å². The summed E-state index contributed by atoms with van der Waals surface area (Å²) >= 11 is 0. The van der Waals surface area contributed by atoms with Crippen molar-refractivity contribution in [2.45, 2.75) is 19.0 Å². The molecule has 2 rings (SSSR count). The molecule has 0 aliphatic heterocycles. The van der Waals surface area contributed by atoms with E-state index in [0.29, 0.717) is 12.0 Å². The number of nitro groups is 1. The van der Waals surface area contributed by atoms with Crippen molar-refractivity contribution in [1.82, 2.24) is 5.32 Å². The van der Waals surface area contributed by atoms with Gasteiger partial charge in [0.05, 0.1) is 0 Å². The fourth-order valence-corrected chi connectivity index (χ4v) is 1.67. The molecule has 6 nitrogen and oxygen atoms in total. The quantitative estimate of drug-likeness (QED) is 0.593. The van der Waals surface area contributed by atoms with Crippen molar-refractivity contribution in [3.63, 3.8) is 0 Å². The van der Waals surface area contributed by atoms with Gasteiger partial charge in [0.2, 0.25) is 11.9 Å². The summed E-state index contributed by atoms with van der Waals surface area (Å²) < 4.78 is 0. The largest absolute Gasteiger partial charge is 0.508 e. The van der Waals surface area contributed by atoms with Crippen LogP contribution in [-0.2, 0) is 11.3 Å². The number of phenolic OH excluding ortho intramolecular Hbond substituents is 1. The lowest BCUT2D eigenvalue weighted by molar-refractivity contribution is -0.497. The minimum atomic E-state index is -0.737. The van der Waals surface area contributed by atoms with Gasteiger partial charge in [-0.25, -0.2) is 0 Å². The Morgan fingerprint density at radius 3 is 2.82 bits per heavy atom. The molecule has 1 fully saturated rings. The lowest BCUT2D eigenvalue weighted by atomic mass is 10.2. The predicted molar refractivity (Wildman–Crippen MR) is 58.8 cm³/mol. The molecule has 17 heavy (non-hydrogen) atoms. The average Bonchev–Trinajstić information content (AvgIpc) is 3.07. The maximum absolute atomic E-state index is 11.5. The molecule has 1 aromatic rings. The zero-order valence-electron chi connectivity index (χ0n) is 9.00. The first-order valence-corrected chi connectivity index (χ1v) is 5.27. The number of hydrogen-bond donors (Lipinski definition) is 2. The monoisotopic (exact) mass is 236 g/mol. The SMILES string of the molecule is O=C(NCc1ccccc1O)[C@H]1C[C@H]1[N+](=O)[O-]. The van der Waals surface area contributed by atoms with Gasteiger partial charge >= 0.3 is 0 Å². The van der Waals surface area contributed by atoms with E-state index in [4.69, 9.17) is 0 Å². The van der Waals surface area contributed by atoms with Gasteiger partial charge in [-0.15, -0.1) is 0 Å². The van der Waals surface area contributed by atoms with Crippen LogP contribution in [0.2, 0.25) is 0 Å². The second-order valence-corrected chi connectivity index (χ2v) is 4.04. The molecule has 6 heteroatoms. The fraction of sp³-hybridized carbons (Fsp3) is 0.364. The summed E-state index contributed by atoms with van der Waals surface area (Å²) in [4.78, 5) is 21.5. The molecule has 1 aliphatic carbocycles. The van der Waals surface area contributed by atoms with Gasteiger partial charge < -0.3 is 10.4 Å². The number of phenols is 1. The number of aromatic hydroxyl groups is 1. The molecular formula is C11H12N2O4. The first-order chi connectivity index (χ1) is 8.09. The minimum Gasteiger partial charge on any atom is -0.508 e. The van der Waals surface area contributed by atoms with Crippen LogP contribution in [0.5, 0.6) is 5.75 Å². The second-order valence-electron chi connectivity index (χ2n) is 4.04. The molecule has 0 bridgehead atoms.